The topological polar surface area (TPSA) is 0 Å². The van der Waals surface area contributed by atoms with Crippen molar-refractivity contribution in [3.8, 4) is 0 Å². The van der Waals surface area contributed by atoms with Crippen molar-refractivity contribution in [2.45, 2.75) is 107 Å². The molecule has 4 unspecified atom stereocenters. The smallest absolute Gasteiger partial charge is 1.00 e. The minimum absolute atomic E-state index is 0. The summed E-state index contributed by atoms with van der Waals surface area (Å²) in [5, 5.41) is 1.74. The number of halogens is 3. The average molecular weight is 576 g/mol. The molecule has 190 valence electrons. The molecule has 5 heteroatoms. The molecular formula is C29H45Cl3SiTi. The van der Waals surface area contributed by atoms with E-state index in [0.29, 0.717) is 0 Å². The summed E-state index contributed by atoms with van der Waals surface area (Å²) in [5.41, 5.74) is 4.14. The molecule has 1 saturated carbocycles. The molecule has 0 heterocycles. The third kappa shape index (κ3) is 9.11. The van der Waals surface area contributed by atoms with Crippen molar-refractivity contribution < 1.29 is 57.7 Å². The first-order chi connectivity index (χ1) is 15.0. The Balaban J connectivity index is 0.00000363. The first-order valence-electron chi connectivity index (χ1n) is 13.2. The molecule has 1 fully saturated rings. The number of rotatable bonds is 12. The van der Waals surface area contributed by atoms with E-state index < -0.39 is 8.07 Å². The second-order valence-corrected chi connectivity index (χ2v) is 16.6. The minimum atomic E-state index is -1.54. The van der Waals surface area contributed by atoms with Crippen molar-refractivity contribution in [3.05, 3.63) is 53.6 Å². The average Bonchev–Trinajstić information content (AvgIpc) is 3.12. The van der Waals surface area contributed by atoms with Crippen LogP contribution < -0.4 is 42.4 Å². The normalized spacial score (nSPS) is 23.0. The van der Waals surface area contributed by atoms with Gasteiger partial charge in [0.15, 0.2) is 0 Å². The van der Waals surface area contributed by atoms with E-state index >= 15 is 0 Å². The maximum atomic E-state index is 2.68. The summed E-state index contributed by atoms with van der Waals surface area (Å²) >= 11 is 2.55. The molecule has 0 spiro atoms. The summed E-state index contributed by atoms with van der Waals surface area (Å²) < 4.78 is 0.814. The summed E-state index contributed by atoms with van der Waals surface area (Å²) in [5.74, 6) is 1.55. The Kier molecular flexibility index (Phi) is 17.3. The van der Waals surface area contributed by atoms with Gasteiger partial charge in [-0.3, -0.25) is 0 Å². The van der Waals surface area contributed by atoms with E-state index in [0.717, 1.165) is 21.6 Å². The van der Waals surface area contributed by atoms with E-state index in [1.807, 2.05) is 0 Å². The van der Waals surface area contributed by atoms with Gasteiger partial charge in [-0.15, -0.1) is 0 Å². The second kappa shape index (κ2) is 17.1. The standard InChI is InChI=1S/C29H45Si.3ClH.Ti/c1-5-7-9-11-15-24-19-25(16-12-10-8-6-2)21-28(20-24)30(3,4)29-22-26-17-13-14-18-27(26)23-29;;;;/h13-14,17-22,26-27,29H,5-12,15-16,23H2,1-4H3;3*1H;/q;;;;+3/p-3. The molecule has 0 saturated heterocycles. The number of benzene rings is 1. The van der Waals surface area contributed by atoms with Crippen molar-refractivity contribution >= 4 is 13.3 Å². The van der Waals surface area contributed by atoms with Crippen LogP contribution in [-0.4, -0.2) is 8.07 Å². The first kappa shape index (κ1) is 34.5. The number of unbranched alkanes of at least 4 members (excludes halogenated alkanes) is 6. The minimum Gasteiger partial charge on any atom is -1.00 e. The van der Waals surface area contributed by atoms with Gasteiger partial charge in [-0.2, -0.15) is 0 Å². The third-order valence-corrected chi connectivity index (χ3v) is 14.0. The number of aryl methyl sites for hydroxylation is 2. The zero-order valence-corrected chi connectivity index (χ0v) is 26.6. The summed E-state index contributed by atoms with van der Waals surface area (Å²) in [6.07, 6.45) is 24.4. The van der Waals surface area contributed by atoms with E-state index in [9.17, 15) is 0 Å². The molecule has 1 aromatic carbocycles. The largest absolute Gasteiger partial charge is 1.00 e. The second-order valence-electron chi connectivity index (χ2n) is 10.8. The van der Waals surface area contributed by atoms with Gasteiger partial charge in [-0.25, -0.2) is 0 Å². The maximum absolute atomic E-state index is 2.68. The summed E-state index contributed by atoms with van der Waals surface area (Å²) in [4.78, 5) is 0. The predicted molar refractivity (Wildman–Crippen MR) is 137 cm³/mol. The van der Waals surface area contributed by atoms with Crippen LogP contribution in [0.3, 0.4) is 0 Å². The molecule has 34 heavy (non-hydrogen) atoms. The van der Waals surface area contributed by atoms with Crippen LogP contribution in [0.4, 0.5) is 0 Å². The van der Waals surface area contributed by atoms with Gasteiger partial charge < -0.3 is 37.2 Å². The van der Waals surface area contributed by atoms with E-state index in [4.69, 9.17) is 0 Å². The number of fused-ring (bicyclic) bond motifs is 1. The zero-order valence-electron chi connectivity index (χ0n) is 21.8. The van der Waals surface area contributed by atoms with Crippen LogP contribution >= 0.6 is 0 Å². The number of allylic oxidation sites excluding steroid dienone is 4. The van der Waals surface area contributed by atoms with Crippen LogP contribution in [0.25, 0.3) is 0 Å². The van der Waals surface area contributed by atoms with E-state index in [1.54, 1.807) is 16.3 Å². The molecule has 1 aromatic rings. The van der Waals surface area contributed by atoms with Gasteiger partial charge >= 0.3 is 206 Å². The number of hydrogen-bond acceptors (Lipinski definition) is 0. The van der Waals surface area contributed by atoms with Gasteiger partial charge in [-0.1, -0.05) is 0 Å². The zero-order chi connectivity index (χ0) is 22.3. The fraction of sp³-hybridized carbons (Fsp3) is 0.655. The van der Waals surface area contributed by atoms with Crippen LogP contribution in [0.5, 0.6) is 0 Å². The van der Waals surface area contributed by atoms with Crippen LogP contribution in [-0.2, 0) is 33.3 Å². The Morgan fingerprint density at radius 1 is 0.765 bits per heavy atom. The number of hydrogen-bond donors (Lipinski definition) is 0. The molecule has 0 N–H and O–H groups in total. The molecule has 2 aliphatic rings. The van der Waals surface area contributed by atoms with Crippen molar-refractivity contribution in [1.29, 1.82) is 0 Å². The third-order valence-electron chi connectivity index (χ3n) is 8.03. The van der Waals surface area contributed by atoms with E-state index in [1.165, 1.54) is 70.6 Å². The molecule has 2 aliphatic carbocycles. The van der Waals surface area contributed by atoms with E-state index in [2.05, 4.69) is 89.9 Å². The maximum Gasteiger partial charge on any atom is -1.00 e. The van der Waals surface area contributed by atoms with Gasteiger partial charge in [-0.05, 0) is 0 Å². The first-order valence-corrected chi connectivity index (χ1v) is 17.1. The van der Waals surface area contributed by atoms with E-state index in [-0.39, 0.29) is 37.2 Å². The van der Waals surface area contributed by atoms with Crippen molar-refractivity contribution in [3.63, 3.8) is 0 Å². The molecular weight excluding hydrogens is 531 g/mol. The van der Waals surface area contributed by atoms with Gasteiger partial charge in [0.05, 0.1) is 0 Å². The molecule has 0 aromatic heterocycles. The quantitative estimate of drug-likeness (QED) is 0.229. The van der Waals surface area contributed by atoms with Gasteiger partial charge in [0.1, 0.15) is 0 Å². The van der Waals surface area contributed by atoms with Crippen molar-refractivity contribution in [1.82, 2.24) is 0 Å². The van der Waals surface area contributed by atoms with Crippen molar-refractivity contribution in [2.75, 3.05) is 0 Å². The molecule has 0 aliphatic heterocycles. The van der Waals surface area contributed by atoms with Gasteiger partial charge in [0, 0.05) is 0 Å². The van der Waals surface area contributed by atoms with Gasteiger partial charge in [0.2, 0.25) is 0 Å². The fourth-order valence-electron chi connectivity index (χ4n) is 5.89. The molecule has 3 rings (SSSR count). The molecule has 0 amide bonds. The Labute approximate surface area is 242 Å². The molecule has 0 bridgehead atoms. The summed E-state index contributed by atoms with van der Waals surface area (Å²) in [6.45, 7) is 9.98. The molecule has 0 nitrogen and oxygen atoms in total. The Morgan fingerprint density at radius 3 is 1.79 bits per heavy atom. The van der Waals surface area contributed by atoms with Crippen LogP contribution in [0.2, 0.25) is 22.9 Å². The Hall–Kier alpha value is 0.501. The van der Waals surface area contributed by atoms with Crippen LogP contribution in [0.15, 0.2) is 42.5 Å². The SMILES string of the molecule is CCCCCCc1cc(CCCCCC)cc([Si](C)(C)C2CC3C=CC=CC3[CH]2[Ti+3])c1.[Cl-].[Cl-].[Cl-]. The fourth-order valence-corrected chi connectivity index (χ4v) is 12.1. The van der Waals surface area contributed by atoms with Crippen LogP contribution in [0.1, 0.15) is 82.8 Å². The predicted octanol–water partition coefficient (Wildman–Crippen LogP) is -0.673. The van der Waals surface area contributed by atoms with Gasteiger partial charge in [0.25, 0.3) is 0 Å². The Morgan fingerprint density at radius 2 is 1.29 bits per heavy atom. The van der Waals surface area contributed by atoms with Crippen LogP contribution in [0, 0.1) is 11.8 Å². The summed E-state index contributed by atoms with van der Waals surface area (Å²) in [7, 11) is -1.54. The summed E-state index contributed by atoms with van der Waals surface area (Å²) in [6, 6.07) is 7.86. The van der Waals surface area contributed by atoms with Crippen molar-refractivity contribution in [2.24, 2.45) is 11.8 Å². The monoisotopic (exact) mass is 574 g/mol. The molecule has 4 atom stereocenters. The Bertz CT molecular complexity index is 731. The molecule has 0 radical (unpaired) electrons.